The summed E-state index contributed by atoms with van der Waals surface area (Å²) in [5.41, 5.74) is 7.70. The number of benzene rings is 2. The van der Waals surface area contributed by atoms with E-state index < -0.39 is 0 Å². The maximum atomic E-state index is 11.4. The van der Waals surface area contributed by atoms with Gasteiger partial charge < -0.3 is 0 Å². The number of Topliss-reactive ketones (excluding diaryl/α,β-unsaturated/α-hetero) is 1. The lowest BCUT2D eigenvalue weighted by Gasteiger charge is -2.11. The van der Waals surface area contributed by atoms with Crippen LogP contribution >= 0.6 is 0 Å². The number of hydrogen-bond acceptors (Lipinski definition) is 2. The van der Waals surface area contributed by atoms with E-state index in [-0.39, 0.29) is 5.78 Å². The second-order valence-electron chi connectivity index (χ2n) is 6.85. The molecule has 1 saturated carbocycles. The van der Waals surface area contributed by atoms with E-state index in [0.717, 1.165) is 23.2 Å². The minimum atomic E-state index is 0.0704. The number of ketones is 1. The van der Waals surface area contributed by atoms with E-state index in [1.54, 1.807) is 6.92 Å². The third-order valence-corrected chi connectivity index (χ3v) is 4.80. The molecule has 2 nitrogen and oxygen atoms in total. The summed E-state index contributed by atoms with van der Waals surface area (Å²) in [5, 5.41) is 0. The molecule has 2 heteroatoms. The lowest BCUT2D eigenvalue weighted by molar-refractivity contribution is 0.101. The molecule has 0 atom stereocenters. The van der Waals surface area contributed by atoms with Gasteiger partial charge in [-0.05, 0) is 55.9 Å². The molecule has 2 aliphatic rings. The minimum absolute atomic E-state index is 0.0704. The van der Waals surface area contributed by atoms with Crippen LogP contribution in [0.25, 0.3) is 11.6 Å². The van der Waals surface area contributed by atoms with Crippen LogP contribution in [-0.2, 0) is 6.42 Å². The molecule has 146 valence electrons. The number of allylic oxidation sites excluding steroid dienone is 2. The summed E-state index contributed by atoms with van der Waals surface area (Å²) in [6, 6.07) is 14.2. The highest BCUT2D eigenvalue weighted by Gasteiger charge is 2.13. The second-order valence-corrected chi connectivity index (χ2v) is 6.85. The van der Waals surface area contributed by atoms with Gasteiger partial charge in [0.25, 0.3) is 0 Å². The zero-order valence-corrected chi connectivity index (χ0v) is 17.6. The fraction of sp³-hybridized carbons (Fsp3) is 0.308. The van der Waals surface area contributed by atoms with Crippen molar-refractivity contribution in [2.24, 2.45) is 4.99 Å². The number of carbonyl (C=O) groups excluding carboxylic acids is 1. The van der Waals surface area contributed by atoms with Gasteiger partial charge in [-0.15, -0.1) is 0 Å². The quantitative estimate of drug-likeness (QED) is 0.405. The first kappa shape index (κ1) is 21.6. The monoisotopic (exact) mass is 373 g/mol. The van der Waals surface area contributed by atoms with Crippen molar-refractivity contribution in [2.75, 3.05) is 0 Å². The van der Waals surface area contributed by atoms with E-state index in [9.17, 15) is 4.79 Å². The predicted molar refractivity (Wildman–Crippen MR) is 123 cm³/mol. The molecule has 0 radical (unpaired) electrons. The zero-order chi connectivity index (χ0) is 20.5. The van der Waals surface area contributed by atoms with Crippen molar-refractivity contribution in [3.63, 3.8) is 0 Å². The smallest absolute Gasteiger partial charge is 0.159 e. The number of aliphatic imine (C=N–C) groups is 1. The van der Waals surface area contributed by atoms with E-state index in [1.807, 2.05) is 38.3 Å². The first-order chi connectivity index (χ1) is 13.6. The fourth-order valence-corrected chi connectivity index (χ4v) is 2.93. The Morgan fingerprint density at radius 2 is 1.86 bits per heavy atom. The van der Waals surface area contributed by atoms with Crippen LogP contribution < -0.4 is 0 Å². The summed E-state index contributed by atoms with van der Waals surface area (Å²) in [6.45, 7) is 11.5. The Labute approximate surface area is 169 Å². The summed E-state index contributed by atoms with van der Waals surface area (Å²) >= 11 is 0. The molecule has 2 aromatic rings. The van der Waals surface area contributed by atoms with Gasteiger partial charge in [-0.1, -0.05) is 69.3 Å². The molecule has 1 fully saturated rings. The number of nitrogens with zero attached hydrogens (tertiary/aromatic N) is 1. The average molecular weight is 374 g/mol. The van der Waals surface area contributed by atoms with E-state index in [0.29, 0.717) is 5.56 Å². The molecule has 0 N–H and O–H groups in total. The third kappa shape index (κ3) is 5.63. The van der Waals surface area contributed by atoms with Crippen LogP contribution in [0, 0.1) is 0 Å². The molecule has 0 spiro atoms. The Hall–Kier alpha value is -2.74. The van der Waals surface area contributed by atoms with Crippen molar-refractivity contribution in [3.05, 3.63) is 76.9 Å². The van der Waals surface area contributed by atoms with E-state index in [2.05, 4.69) is 48.8 Å². The van der Waals surface area contributed by atoms with Crippen molar-refractivity contribution in [1.29, 1.82) is 0 Å². The molecule has 28 heavy (non-hydrogen) atoms. The van der Waals surface area contributed by atoms with Gasteiger partial charge in [0, 0.05) is 22.9 Å². The highest BCUT2D eigenvalue weighted by atomic mass is 16.1. The normalized spacial score (nSPS) is 15.0. The Morgan fingerprint density at radius 3 is 2.43 bits per heavy atom. The van der Waals surface area contributed by atoms with E-state index in [1.165, 1.54) is 36.0 Å². The van der Waals surface area contributed by atoms with Gasteiger partial charge in [-0.2, -0.15) is 0 Å². The summed E-state index contributed by atoms with van der Waals surface area (Å²) in [7, 11) is 0. The van der Waals surface area contributed by atoms with E-state index in [4.69, 9.17) is 0 Å². The molecule has 0 amide bonds. The number of fused-ring (bicyclic) bond motifs is 1. The topological polar surface area (TPSA) is 29.4 Å². The summed E-state index contributed by atoms with van der Waals surface area (Å²) in [5.74, 6) is 0.0704. The van der Waals surface area contributed by atoms with Gasteiger partial charge in [0.05, 0.1) is 5.69 Å². The second kappa shape index (κ2) is 10.6. The fourth-order valence-electron chi connectivity index (χ4n) is 2.93. The Kier molecular flexibility index (Phi) is 8.13. The number of rotatable bonds is 3. The standard InChI is InChI=1S/C19H17NO.C5H8.C2H6/c1-3-14-5-4-6-15(9-14)10-17-12-20-19-11-16(13(2)21)7-8-18(17)19;1-5-3-2-4-5;1-2/h4-12H,3H2,1-2H3;1-4H2;1-2H3/b17-10-;;. The van der Waals surface area contributed by atoms with Gasteiger partial charge in [-0.25, -0.2) is 0 Å². The number of hydrogen-bond donors (Lipinski definition) is 0. The van der Waals surface area contributed by atoms with Gasteiger partial charge >= 0.3 is 0 Å². The molecule has 1 heterocycles. The molecular formula is C26H31NO. The van der Waals surface area contributed by atoms with Crippen LogP contribution in [0.5, 0.6) is 0 Å². The summed E-state index contributed by atoms with van der Waals surface area (Å²) in [4.78, 5) is 15.8. The Balaban J connectivity index is 0.000000342. The average Bonchev–Trinajstić information content (AvgIpc) is 3.10. The van der Waals surface area contributed by atoms with Gasteiger partial charge in [0.2, 0.25) is 0 Å². The first-order valence-electron chi connectivity index (χ1n) is 10.2. The zero-order valence-electron chi connectivity index (χ0n) is 17.6. The lowest BCUT2D eigenvalue weighted by Crippen LogP contribution is -1.92. The largest absolute Gasteiger partial charge is 0.295 e. The molecule has 1 aliphatic heterocycles. The predicted octanol–water partition coefficient (Wildman–Crippen LogP) is 7.46. The van der Waals surface area contributed by atoms with Crippen LogP contribution in [-0.4, -0.2) is 12.0 Å². The lowest BCUT2D eigenvalue weighted by atomic mass is 9.95. The molecular weight excluding hydrogens is 342 g/mol. The summed E-state index contributed by atoms with van der Waals surface area (Å²) in [6.07, 6.45) is 9.01. The molecule has 1 aliphatic carbocycles. The molecule has 4 rings (SSSR count). The van der Waals surface area contributed by atoms with Gasteiger partial charge in [-0.3, -0.25) is 9.79 Å². The molecule has 0 aromatic heterocycles. The van der Waals surface area contributed by atoms with Gasteiger partial charge in [0.1, 0.15) is 0 Å². The number of carbonyl (C=O) groups is 1. The molecule has 0 unspecified atom stereocenters. The van der Waals surface area contributed by atoms with Crippen LogP contribution in [0.2, 0.25) is 0 Å². The number of aryl methyl sites for hydroxylation is 1. The van der Waals surface area contributed by atoms with Crippen LogP contribution in [0.15, 0.2) is 59.6 Å². The van der Waals surface area contributed by atoms with Crippen molar-refractivity contribution < 1.29 is 4.79 Å². The highest BCUT2D eigenvalue weighted by molar-refractivity contribution is 6.21. The minimum Gasteiger partial charge on any atom is -0.295 e. The van der Waals surface area contributed by atoms with Crippen molar-refractivity contribution in [2.45, 2.75) is 53.4 Å². The van der Waals surface area contributed by atoms with Crippen molar-refractivity contribution in [1.82, 2.24) is 0 Å². The third-order valence-electron chi connectivity index (χ3n) is 4.80. The van der Waals surface area contributed by atoms with Crippen LogP contribution in [0.3, 0.4) is 0 Å². The molecule has 2 aromatic carbocycles. The maximum absolute atomic E-state index is 11.4. The van der Waals surface area contributed by atoms with Crippen LogP contribution in [0.1, 0.15) is 74.0 Å². The first-order valence-corrected chi connectivity index (χ1v) is 10.2. The van der Waals surface area contributed by atoms with Crippen molar-refractivity contribution >= 4 is 29.3 Å². The van der Waals surface area contributed by atoms with Crippen molar-refractivity contribution in [3.8, 4) is 0 Å². The maximum Gasteiger partial charge on any atom is 0.159 e. The van der Waals surface area contributed by atoms with Gasteiger partial charge in [0.15, 0.2) is 5.78 Å². The van der Waals surface area contributed by atoms with Crippen LogP contribution in [0.4, 0.5) is 5.69 Å². The Bertz CT molecular complexity index is 896. The summed E-state index contributed by atoms with van der Waals surface area (Å²) < 4.78 is 0. The van der Waals surface area contributed by atoms with E-state index >= 15 is 0 Å². The Morgan fingerprint density at radius 1 is 1.14 bits per heavy atom. The molecule has 0 bridgehead atoms. The molecule has 0 saturated heterocycles. The highest BCUT2D eigenvalue weighted by Crippen LogP contribution is 2.33. The SMILES string of the molecule is C=C1CCC1.CC.CCc1cccc(/C=C2/C=Nc3cc(C(C)=O)ccc32)c1.